The van der Waals surface area contributed by atoms with Gasteiger partial charge < -0.3 is 10.2 Å². The van der Waals surface area contributed by atoms with Crippen LogP contribution in [-0.4, -0.2) is 25.5 Å². The van der Waals surface area contributed by atoms with E-state index in [1.807, 2.05) is 7.05 Å². The van der Waals surface area contributed by atoms with Crippen LogP contribution in [0, 0.1) is 0 Å². The van der Waals surface area contributed by atoms with Gasteiger partial charge in [-0.05, 0) is 36.7 Å². The van der Waals surface area contributed by atoms with Gasteiger partial charge in [-0.1, -0.05) is 42.5 Å². The number of rotatable bonds is 6. The third-order valence-corrected chi connectivity index (χ3v) is 3.29. The van der Waals surface area contributed by atoms with Crippen molar-refractivity contribution in [2.75, 3.05) is 26.0 Å². The summed E-state index contributed by atoms with van der Waals surface area (Å²) in [4.78, 5) is 2.36. The largest absolute Gasteiger partial charge is 0.388 e. The van der Waals surface area contributed by atoms with Crippen LogP contribution in [0.1, 0.15) is 11.1 Å². The van der Waals surface area contributed by atoms with E-state index in [0.29, 0.717) is 0 Å². The second-order valence-electron chi connectivity index (χ2n) is 4.92. The molecule has 2 nitrogen and oxygen atoms in total. The molecule has 2 heteroatoms. The maximum absolute atomic E-state index is 3.18. The standard InChI is InChI=1S/C17H22N2/c1-18-17-10-6-9-16(13-17)14-19(2)12-11-15-7-4-3-5-8-15/h3-10,13,18H,11-12,14H2,1-2H3. The summed E-state index contributed by atoms with van der Waals surface area (Å²) in [5, 5.41) is 3.18. The van der Waals surface area contributed by atoms with Crippen molar-refractivity contribution < 1.29 is 0 Å². The van der Waals surface area contributed by atoms with Crippen molar-refractivity contribution in [1.82, 2.24) is 4.90 Å². The Kier molecular flexibility index (Phi) is 4.99. The first-order valence-corrected chi connectivity index (χ1v) is 6.77. The van der Waals surface area contributed by atoms with Crippen molar-refractivity contribution in [2.45, 2.75) is 13.0 Å². The molecule has 0 aliphatic heterocycles. The van der Waals surface area contributed by atoms with Gasteiger partial charge in [0.2, 0.25) is 0 Å². The van der Waals surface area contributed by atoms with E-state index in [-0.39, 0.29) is 0 Å². The lowest BCUT2D eigenvalue weighted by Crippen LogP contribution is -2.20. The smallest absolute Gasteiger partial charge is 0.0340 e. The van der Waals surface area contributed by atoms with Crippen molar-refractivity contribution in [2.24, 2.45) is 0 Å². The molecule has 0 bridgehead atoms. The van der Waals surface area contributed by atoms with Crippen LogP contribution in [-0.2, 0) is 13.0 Å². The molecule has 100 valence electrons. The van der Waals surface area contributed by atoms with Crippen LogP contribution in [0.5, 0.6) is 0 Å². The molecule has 0 aliphatic carbocycles. The lowest BCUT2D eigenvalue weighted by atomic mass is 10.1. The molecule has 0 radical (unpaired) electrons. The minimum atomic E-state index is 0.988. The predicted molar refractivity (Wildman–Crippen MR) is 82.5 cm³/mol. The van der Waals surface area contributed by atoms with Crippen LogP contribution >= 0.6 is 0 Å². The van der Waals surface area contributed by atoms with E-state index >= 15 is 0 Å². The van der Waals surface area contributed by atoms with Crippen molar-refractivity contribution >= 4 is 5.69 Å². The van der Waals surface area contributed by atoms with Crippen molar-refractivity contribution in [1.29, 1.82) is 0 Å². The maximum atomic E-state index is 3.18. The summed E-state index contributed by atoms with van der Waals surface area (Å²) >= 11 is 0. The van der Waals surface area contributed by atoms with Crippen LogP contribution in [0.25, 0.3) is 0 Å². The van der Waals surface area contributed by atoms with Gasteiger partial charge in [0, 0.05) is 25.8 Å². The van der Waals surface area contributed by atoms with Crippen LogP contribution in [0.3, 0.4) is 0 Å². The van der Waals surface area contributed by atoms with Gasteiger partial charge in [0.05, 0.1) is 0 Å². The molecule has 0 heterocycles. The molecular formula is C17H22N2. The highest BCUT2D eigenvalue weighted by molar-refractivity contribution is 5.44. The second kappa shape index (κ2) is 6.95. The van der Waals surface area contributed by atoms with E-state index in [1.165, 1.54) is 16.8 Å². The normalized spacial score (nSPS) is 10.7. The highest BCUT2D eigenvalue weighted by atomic mass is 15.1. The van der Waals surface area contributed by atoms with Gasteiger partial charge >= 0.3 is 0 Å². The maximum Gasteiger partial charge on any atom is 0.0340 e. The quantitative estimate of drug-likeness (QED) is 0.850. The Morgan fingerprint density at radius 1 is 0.947 bits per heavy atom. The molecule has 0 amide bonds. The third kappa shape index (κ3) is 4.42. The van der Waals surface area contributed by atoms with Gasteiger partial charge in [-0.3, -0.25) is 0 Å². The molecule has 0 aliphatic rings. The van der Waals surface area contributed by atoms with Gasteiger partial charge in [0.25, 0.3) is 0 Å². The number of hydrogen-bond acceptors (Lipinski definition) is 2. The first-order valence-electron chi connectivity index (χ1n) is 6.77. The Bertz CT molecular complexity index is 494. The molecule has 2 aromatic carbocycles. The topological polar surface area (TPSA) is 15.3 Å². The fraction of sp³-hybridized carbons (Fsp3) is 0.294. The molecule has 0 atom stereocenters. The first-order chi connectivity index (χ1) is 9.28. The van der Waals surface area contributed by atoms with Gasteiger partial charge in [-0.15, -0.1) is 0 Å². The monoisotopic (exact) mass is 254 g/mol. The SMILES string of the molecule is CNc1cccc(CN(C)CCc2ccccc2)c1. The average molecular weight is 254 g/mol. The molecule has 1 N–H and O–H groups in total. The van der Waals surface area contributed by atoms with E-state index in [0.717, 1.165) is 19.5 Å². The molecule has 0 fully saturated rings. The summed E-state index contributed by atoms with van der Waals surface area (Å²) < 4.78 is 0. The zero-order chi connectivity index (χ0) is 13.5. The molecule has 19 heavy (non-hydrogen) atoms. The number of anilines is 1. The van der Waals surface area contributed by atoms with Crippen LogP contribution in [0.4, 0.5) is 5.69 Å². The Labute approximate surface area is 116 Å². The zero-order valence-electron chi connectivity index (χ0n) is 11.8. The molecule has 2 rings (SSSR count). The highest BCUT2D eigenvalue weighted by Crippen LogP contribution is 2.11. The van der Waals surface area contributed by atoms with E-state index in [4.69, 9.17) is 0 Å². The number of likely N-dealkylation sites (N-methyl/N-ethyl adjacent to an activating group) is 1. The minimum absolute atomic E-state index is 0.988. The third-order valence-electron chi connectivity index (χ3n) is 3.29. The van der Waals surface area contributed by atoms with Gasteiger partial charge in [-0.2, -0.15) is 0 Å². The summed E-state index contributed by atoms with van der Waals surface area (Å²) in [5.41, 5.74) is 3.93. The van der Waals surface area contributed by atoms with Gasteiger partial charge in [0.1, 0.15) is 0 Å². The molecule has 0 unspecified atom stereocenters. The first kappa shape index (κ1) is 13.6. The zero-order valence-corrected chi connectivity index (χ0v) is 11.8. The van der Waals surface area contributed by atoms with E-state index in [1.54, 1.807) is 0 Å². The van der Waals surface area contributed by atoms with Crippen LogP contribution < -0.4 is 5.32 Å². The van der Waals surface area contributed by atoms with Gasteiger partial charge in [-0.25, -0.2) is 0 Å². The number of nitrogens with one attached hydrogen (secondary N) is 1. The van der Waals surface area contributed by atoms with Crippen LogP contribution in [0.15, 0.2) is 54.6 Å². The average Bonchev–Trinajstić information content (AvgIpc) is 2.46. The molecule has 0 saturated heterocycles. The van der Waals surface area contributed by atoms with Crippen LogP contribution in [0.2, 0.25) is 0 Å². The van der Waals surface area contributed by atoms with Gasteiger partial charge in [0.15, 0.2) is 0 Å². The van der Waals surface area contributed by atoms with Crippen molar-refractivity contribution in [3.63, 3.8) is 0 Å². The van der Waals surface area contributed by atoms with E-state index in [2.05, 4.69) is 71.9 Å². The van der Waals surface area contributed by atoms with Crippen molar-refractivity contribution in [3.8, 4) is 0 Å². The molecule has 0 aromatic heterocycles. The van der Waals surface area contributed by atoms with E-state index < -0.39 is 0 Å². The number of hydrogen-bond donors (Lipinski definition) is 1. The number of nitrogens with zero attached hydrogens (tertiary/aromatic N) is 1. The van der Waals surface area contributed by atoms with E-state index in [9.17, 15) is 0 Å². The molecule has 2 aromatic rings. The predicted octanol–water partition coefficient (Wildman–Crippen LogP) is 3.40. The summed E-state index contributed by atoms with van der Waals surface area (Å²) in [6.07, 6.45) is 1.10. The highest BCUT2D eigenvalue weighted by Gasteiger charge is 2.01. The molecular weight excluding hydrogens is 232 g/mol. The summed E-state index contributed by atoms with van der Waals surface area (Å²) in [6.45, 7) is 2.07. The molecule has 0 spiro atoms. The minimum Gasteiger partial charge on any atom is -0.388 e. The second-order valence-corrected chi connectivity index (χ2v) is 4.92. The summed E-state index contributed by atoms with van der Waals surface area (Å²) in [5.74, 6) is 0. The van der Waals surface area contributed by atoms with Crippen molar-refractivity contribution in [3.05, 3.63) is 65.7 Å². The summed E-state index contributed by atoms with van der Waals surface area (Å²) in [7, 11) is 4.13. The fourth-order valence-corrected chi connectivity index (χ4v) is 2.18. The number of benzene rings is 2. The lowest BCUT2D eigenvalue weighted by Gasteiger charge is -2.17. The Morgan fingerprint density at radius 3 is 2.42 bits per heavy atom. The molecule has 0 saturated carbocycles. The lowest BCUT2D eigenvalue weighted by molar-refractivity contribution is 0.331. The Hall–Kier alpha value is -1.80. The Balaban J connectivity index is 1.85. The Morgan fingerprint density at radius 2 is 1.68 bits per heavy atom. The summed E-state index contributed by atoms with van der Waals surface area (Å²) in [6, 6.07) is 19.2. The fourth-order valence-electron chi connectivity index (χ4n) is 2.18.